The summed E-state index contributed by atoms with van der Waals surface area (Å²) < 4.78 is 46.2. The Morgan fingerprint density at radius 2 is 1.61 bits per heavy atom. The molecule has 1 aromatic carbocycles. The summed E-state index contributed by atoms with van der Waals surface area (Å²) in [5.41, 5.74) is 1.84. The molecule has 1 atom stereocenters. The van der Waals surface area contributed by atoms with Gasteiger partial charge >= 0.3 is 6.36 Å². The van der Waals surface area contributed by atoms with Crippen LogP contribution in [0.5, 0.6) is 11.6 Å². The predicted molar refractivity (Wildman–Crippen MR) is 105 cm³/mol. The van der Waals surface area contributed by atoms with Gasteiger partial charge < -0.3 is 14.8 Å². The van der Waals surface area contributed by atoms with Crippen LogP contribution >= 0.6 is 24.8 Å². The van der Waals surface area contributed by atoms with Crippen LogP contribution in [0.1, 0.15) is 17.2 Å². The van der Waals surface area contributed by atoms with Gasteiger partial charge in [0.1, 0.15) is 5.75 Å². The van der Waals surface area contributed by atoms with Gasteiger partial charge in [-0.3, -0.25) is 4.90 Å². The normalized spacial score (nSPS) is 15.7. The smallest absolute Gasteiger partial charge is 0.481 e. The summed E-state index contributed by atoms with van der Waals surface area (Å²) in [6.07, 6.45) is -2.95. The third kappa shape index (κ3) is 6.41. The first-order valence-electron chi connectivity index (χ1n) is 8.27. The molecule has 10 heteroatoms. The van der Waals surface area contributed by atoms with E-state index >= 15 is 0 Å². The predicted octanol–water partition coefficient (Wildman–Crippen LogP) is 3.83. The lowest BCUT2D eigenvalue weighted by Crippen LogP contribution is -2.45. The minimum Gasteiger partial charge on any atom is -0.481 e. The molecule has 0 saturated carbocycles. The van der Waals surface area contributed by atoms with Gasteiger partial charge in [0.2, 0.25) is 5.88 Å². The van der Waals surface area contributed by atoms with Gasteiger partial charge in [0.15, 0.2) is 0 Å². The van der Waals surface area contributed by atoms with Gasteiger partial charge in [-0.1, -0.05) is 18.2 Å². The number of aromatic nitrogens is 1. The maximum absolute atomic E-state index is 12.4. The molecule has 3 rings (SSSR count). The molecule has 2 heterocycles. The van der Waals surface area contributed by atoms with E-state index in [-0.39, 0.29) is 36.6 Å². The molecule has 0 amide bonds. The fourth-order valence-electron chi connectivity index (χ4n) is 3.08. The first-order chi connectivity index (χ1) is 12.5. The molecule has 1 fully saturated rings. The summed E-state index contributed by atoms with van der Waals surface area (Å²) in [7, 11) is 1.55. The third-order valence-electron chi connectivity index (χ3n) is 4.23. The standard InChI is InChI=1S/C18H20F3N3O2.2ClH/c1-25-16-7-4-14(12-23-16)17(24-10-8-22-9-11-24)13-2-5-15(6-3-13)26-18(19,20)21;;/h2-7,12,17,22H,8-11H2,1H3;2*1H/t17-;;/m1../s1. The highest BCUT2D eigenvalue weighted by molar-refractivity contribution is 5.85. The van der Waals surface area contributed by atoms with Gasteiger partial charge in [-0.25, -0.2) is 4.98 Å². The molecule has 5 nitrogen and oxygen atoms in total. The van der Waals surface area contributed by atoms with E-state index in [1.807, 2.05) is 6.07 Å². The van der Waals surface area contributed by atoms with Crippen molar-refractivity contribution in [1.29, 1.82) is 0 Å². The fraction of sp³-hybridized carbons (Fsp3) is 0.389. The van der Waals surface area contributed by atoms with E-state index in [9.17, 15) is 13.2 Å². The molecule has 0 radical (unpaired) electrons. The highest BCUT2D eigenvalue weighted by Crippen LogP contribution is 2.31. The van der Waals surface area contributed by atoms with E-state index in [1.54, 1.807) is 31.5 Å². The number of rotatable bonds is 5. The summed E-state index contributed by atoms with van der Waals surface area (Å²) in [6, 6.07) is 9.63. The summed E-state index contributed by atoms with van der Waals surface area (Å²) in [5, 5.41) is 3.30. The van der Waals surface area contributed by atoms with Crippen molar-refractivity contribution >= 4 is 24.8 Å². The van der Waals surface area contributed by atoms with Crippen molar-refractivity contribution in [3.63, 3.8) is 0 Å². The van der Waals surface area contributed by atoms with Crippen molar-refractivity contribution < 1.29 is 22.6 Å². The molecule has 1 aliphatic rings. The number of alkyl halides is 3. The number of nitrogens with one attached hydrogen (secondary N) is 1. The van der Waals surface area contributed by atoms with E-state index in [1.165, 1.54) is 12.1 Å². The molecular formula is C18H22Cl2F3N3O2. The average molecular weight is 440 g/mol. The highest BCUT2D eigenvalue weighted by Gasteiger charge is 2.31. The number of halogens is 5. The topological polar surface area (TPSA) is 46.6 Å². The number of ether oxygens (including phenoxy) is 2. The number of nitrogens with zero attached hydrogens (tertiary/aromatic N) is 2. The molecule has 1 N–H and O–H groups in total. The van der Waals surface area contributed by atoms with Gasteiger partial charge in [0, 0.05) is 38.4 Å². The van der Waals surface area contributed by atoms with Crippen LogP contribution in [0.4, 0.5) is 13.2 Å². The minimum atomic E-state index is -4.70. The summed E-state index contributed by atoms with van der Waals surface area (Å²) >= 11 is 0. The Hall–Kier alpha value is -1.74. The van der Waals surface area contributed by atoms with Gasteiger partial charge in [-0.2, -0.15) is 0 Å². The second-order valence-corrected chi connectivity index (χ2v) is 5.94. The Morgan fingerprint density at radius 1 is 1.00 bits per heavy atom. The maximum Gasteiger partial charge on any atom is 0.573 e. The zero-order valence-corrected chi connectivity index (χ0v) is 16.7. The number of hydrogen-bond acceptors (Lipinski definition) is 5. The molecule has 28 heavy (non-hydrogen) atoms. The van der Waals surface area contributed by atoms with E-state index in [4.69, 9.17) is 4.74 Å². The first kappa shape index (κ1) is 24.3. The fourth-order valence-corrected chi connectivity index (χ4v) is 3.08. The van der Waals surface area contributed by atoms with Crippen molar-refractivity contribution in [3.8, 4) is 11.6 Å². The van der Waals surface area contributed by atoms with Crippen LogP contribution < -0.4 is 14.8 Å². The second-order valence-electron chi connectivity index (χ2n) is 5.94. The van der Waals surface area contributed by atoms with Crippen molar-refractivity contribution in [2.45, 2.75) is 12.4 Å². The lowest BCUT2D eigenvalue weighted by atomic mass is 9.97. The Bertz CT molecular complexity index is 710. The Labute approximate surface area is 174 Å². The molecule has 0 spiro atoms. The van der Waals surface area contributed by atoms with Crippen LogP contribution in [-0.4, -0.2) is 49.5 Å². The molecule has 156 valence electrons. The number of pyridine rings is 1. The van der Waals surface area contributed by atoms with Crippen LogP contribution in [0.15, 0.2) is 42.6 Å². The molecule has 0 unspecified atom stereocenters. The minimum absolute atomic E-state index is 0. The Morgan fingerprint density at radius 3 is 2.11 bits per heavy atom. The van der Waals surface area contributed by atoms with Crippen LogP contribution in [0.3, 0.4) is 0 Å². The van der Waals surface area contributed by atoms with Crippen molar-refractivity contribution in [1.82, 2.24) is 15.2 Å². The zero-order valence-electron chi connectivity index (χ0n) is 15.1. The average Bonchev–Trinajstić information content (AvgIpc) is 2.64. The van der Waals surface area contributed by atoms with Gasteiger partial charge in [-0.15, -0.1) is 38.0 Å². The second kappa shape index (κ2) is 10.7. The van der Waals surface area contributed by atoms with E-state index in [2.05, 4.69) is 19.9 Å². The SMILES string of the molecule is COc1ccc([C@@H](c2ccc(OC(F)(F)F)cc2)N2CCNCC2)cn1.Cl.Cl. The first-order valence-corrected chi connectivity index (χ1v) is 8.27. The maximum atomic E-state index is 12.4. The van der Waals surface area contributed by atoms with Crippen LogP contribution in [0, 0.1) is 0 Å². The quantitative estimate of drug-likeness (QED) is 0.766. The van der Waals surface area contributed by atoms with Crippen molar-refractivity contribution in [3.05, 3.63) is 53.7 Å². The monoisotopic (exact) mass is 439 g/mol. The van der Waals surface area contributed by atoms with Crippen LogP contribution in [0.25, 0.3) is 0 Å². The number of hydrogen-bond donors (Lipinski definition) is 1. The molecular weight excluding hydrogens is 418 g/mol. The molecule has 1 aromatic heterocycles. The van der Waals surface area contributed by atoms with Crippen molar-refractivity contribution in [2.24, 2.45) is 0 Å². The highest BCUT2D eigenvalue weighted by atomic mass is 35.5. The summed E-state index contributed by atoms with van der Waals surface area (Å²) in [4.78, 5) is 6.54. The van der Waals surface area contributed by atoms with Gasteiger partial charge in [0.05, 0.1) is 13.2 Å². The Kier molecular flexibility index (Phi) is 9.29. The van der Waals surface area contributed by atoms with E-state index in [0.717, 1.165) is 37.3 Å². The molecule has 0 aliphatic carbocycles. The zero-order chi connectivity index (χ0) is 18.6. The van der Waals surface area contributed by atoms with Gasteiger partial charge in [-0.05, 0) is 23.3 Å². The number of benzene rings is 1. The van der Waals surface area contributed by atoms with Crippen LogP contribution in [-0.2, 0) is 0 Å². The number of methoxy groups -OCH3 is 1. The third-order valence-corrected chi connectivity index (χ3v) is 4.23. The molecule has 1 saturated heterocycles. The number of piperazine rings is 1. The van der Waals surface area contributed by atoms with E-state index < -0.39 is 6.36 Å². The lowest BCUT2D eigenvalue weighted by Gasteiger charge is -2.35. The molecule has 0 bridgehead atoms. The summed E-state index contributed by atoms with van der Waals surface area (Å²) in [5.74, 6) is 0.287. The van der Waals surface area contributed by atoms with Gasteiger partial charge in [0.25, 0.3) is 0 Å². The van der Waals surface area contributed by atoms with Crippen LogP contribution in [0.2, 0.25) is 0 Å². The largest absolute Gasteiger partial charge is 0.573 e. The van der Waals surface area contributed by atoms with Crippen molar-refractivity contribution in [2.75, 3.05) is 33.3 Å². The lowest BCUT2D eigenvalue weighted by molar-refractivity contribution is -0.274. The Balaban J connectivity index is 0.00000196. The van der Waals surface area contributed by atoms with E-state index in [0.29, 0.717) is 5.88 Å². The summed E-state index contributed by atoms with van der Waals surface area (Å²) in [6.45, 7) is 3.37. The molecule has 2 aromatic rings. The molecule has 1 aliphatic heterocycles.